The number of carbonyl (C=O) groups is 5. The largest absolute Gasteiger partial charge is 0.481 e. The lowest BCUT2D eigenvalue weighted by molar-refractivity contribution is -0.277. The number of benzene rings is 1. The molecule has 1 aromatic rings. The van der Waals surface area contributed by atoms with E-state index in [1.165, 1.54) is 0 Å². The Labute approximate surface area is 237 Å². The predicted molar refractivity (Wildman–Crippen MR) is 140 cm³/mol. The summed E-state index contributed by atoms with van der Waals surface area (Å²) in [6, 6.07) is 7.03. The Balaban J connectivity index is -0.000000250. The number of carboxylic acid groups (broad SMARTS) is 5. The van der Waals surface area contributed by atoms with Crippen LogP contribution in [0.4, 0.5) is 0 Å². The zero-order valence-electron chi connectivity index (χ0n) is 21.7. The van der Waals surface area contributed by atoms with E-state index < -0.39 is 67.2 Å². The lowest BCUT2D eigenvalue weighted by atomic mass is 9.99. The van der Waals surface area contributed by atoms with Crippen molar-refractivity contribution in [3.63, 3.8) is 0 Å². The molecule has 0 aromatic heterocycles. The number of aliphatic hydroxyl groups is 4. The van der Waals surface area contributed by atoms with Gasteiger partial charge in [0.2, 0.25) is 6.29 Å². The summed E-state index contributed by atoms with van der Waals surface area (Å²) in [7, 11) is 0. The Morgan fingerprint density at radius 1 is 0.692 bits per heavy atom. The van der Waals surface area contributed by atoms with E-state index in [0.29, 0.717) is 5.75 Å². The van der Waals surface area contributed by atoms with Crippen molar-refractivity contribution in [2.75, 3.05) is 6.61 Å². The van der Waals surface area contributed by atoms with Crippen molar-refractivity contribution in [2.24, 2.45) is 0 Å². The van der Waals surface area contributed by atoms with Crippen LogP contribution in [0.5, 0.6) is 5.75 Å². The second-order valence-electron chi connectivity index (χ2n) is 6.86. The summed E-state index contributed by atoms with van der Waals surface area (Å²) in [6.45, 7) is 4.94. The van der Waals surface area contributed by atoms with E-state index in [1.54, 1.807) is 12.1 Å². The number of halogens is 1. The van der Waals surface area contributed by atoms with Crippen molar-refractivity contribution in [3.05, 3.63) is 27.8 Å². The highest BCUT2D eigenvalue weighted by molar-refractivity contribution is 14.1. The summed E-state index contributed by atoms with van der Waals surface area (Å²) in [5.41, 5.74) is 0. The molecule has 1 fully saturated rings. The first-order chi connectivity index (χ1) is 17.7. The molecule has 0 unspecified atom stereocenters. The molecule has 0 amide bonds. The van der Waals surface area contributed by atoms with E-state index in [4.69, 9.17) is 64.1 Å². The molecule has 1 aliphatic heterocycles. The van der Waals surface area contributed by atoms with Crippen LogP contribution in [0.1, 0.15) is 34.6 Å². The lowest BCUT2D eigenvalue weighted by Gasteiger charge is -2.39. The normalized spacial score (nSPS) is 20.3. The standard InChI is InChI=1S/C12H15IO6.5C2H4O2/c13-6-1-3-7(4-2-6)18-12-11(17)10(16)9(15)8(5-14)19-12;5*1-2(3)4/h1-4,8-12,14-17H,5H2;5*1H3,(H,3,4)/t8-,9-,10+,11-,12-;;;;;/m1...../s1. The van der Waals surface area contributed by atoms with Gasteiger partial charge in [0.1, 0.15) is 30.2 Å². The molecule has 0 aliphatic carbocycles. The van der Waals surface area contributed by atoms with E-state index in [2.05, 4.69) is 22.6 Å². The Bertz CT molecular complexity index is 753. The molecule has 16 nitrogen and oxygen atoms in total. The van der Waals surface area contributed by atoms with Gasteiger partial charge < -0.3 is 55.4 Å². The van der Waals surface area contributed by atoms with Crippen LogP contribution in [0.25, 0.3) is 0 Å². The first kappa shape index (κ1) is 43.0. The van der Waals surface area contributed by atoms with Crippen LogP contribution in [-0.4, -0.2) is 113 Å². The van der Waals surface area contributed by atoms with Crippen molar-refractivity contribution in [3.8, 4) is 5.75 Å². The second kappa shape index (κ2) is 25.2. The number of carboxylic acids is 5. The van der Waals surface area contributed by atoms with E-state index in [9.17, 15) is 15.3 Å². The minimum Gasteiger partial charge on any atom is -0.481 e. The topological polar surface area (TPSA) is 286 Å². The van der Waals surface area contributed by atoms with Crippen LogP contribution in [0.3, 0.4) is 0 Å². The first-order valence-electron chi connectivity index (χ1n) is 10.4. The minimum absolute atomic E-state index is 0.463. The average molecular weight is 682 g/mol. The summed E-state index contributed by atoms with van der Waals surface area (Å²) in [6.07, 6.45) is -6.31. The molecule has 0 spiro atoms. The second-order valence-corrected chi connectivity index (χ2v) is 8.11. The number of hydrogen-bond donors (Lipinski definition) is 9. The zero-order chi connectivity index (χ0) is 31.9. The van der Waals surface area contributed by atoms with Crippen LogP contribution < -0.4 is 4.74 Å². The number of aliphatic carboxylic acids is 5. The van der Waals surface area contributed by atoms with Crippen LogP contribution in [0.15, 0.2) is 24.3 Å². The van der Waals surface area contributed by atoms with Crippen molar-refractivity contribution < 1.29 is 79.4 Å². The molecule has 2 rings (SSSR count). The smallest absolute Gasteiger partial charge is 0.300 e. The molecule has 5 atom stereocenters. The maximum absolute atomic E-state index is 9.79. The van der Waals surface area contributed by atoms with Gasteiger partial charge in [0.25, 0.3) is 29.8 Å². The molecular formula is C22H35IO16. The predicted octanol–water partition coefficient (Wildman–Crippen LogP) is -0.0756. The molecule has 1 heterocycles. The van der Waals surface area contributed by atoms with Crippen molar-refractivity contribution in [1.82, 2.24) is 0 Å². The van der Waals surface area contributed by atoms with Crippen LogP contribution in [0.2, 0.25) is 0 Å². The molecule has 1 saturated heterocycles. The number of ether oxygens (including phenoxy) is 2. The van der Waals surface area contributed by atoms with Gasteiger partial charge in [-0.1, -0.05) is 0 Å². The summed E-state index contributed by atoms with van der Waals surface area (Å²) < 4.78 is 11.7. The fourth-order valence-corrected chi connectivity index (χ4v) is 2.17. The SMILES string of the molecule is CC(=O)O.CC(=O)O.CC(=O)O.CC(=O)O.CC(=O)O.OC[C@H]1O[C@@H](Oc2ccc(I)cc2)[C@H](O)[C@@H](O)[C@@H]1O. The van der Waals surface area contributed by atoms with Gasteiger partial charge in [-0.15, -0.1) is 0 Å². The molecule has 39 heavy (non-hydrogen) atoms. The molecule has 0 bridgehead atoms. The maximum Gasteiger partial charge on any atom is 0.300 e. The van der Waals surface area contributed by atoms with Crippen molar-refractivity contribution in [1.29, 1.82) is 0 Å². The minimum atomic E-state index is -1.43. The Morgan fingerprint density at radius 2 is 1.00 bits per heavy atom. The van der Waals surface area contributed by atoms with Crippen LogP contribution in [-0.2, 0) is 28.7 Å². The molecule has 1 aromatic carbocycles. The summed E-state index contributed by atoms with van der Waals surface area (Å²) in [4.78, 5) is 45.0. The Hall–Kier alpha value is -3.10. The molecule has 9 N–H and O–H groups in total. The molecule has 0 saturated carbocycles. The van der Waals surface area contributed by atoms with E-state index in [0.717, 1.165) is 38.2 Å². The van der Waals surface area contributed by atoms with E-state index in [1.807, 2.05) is 12.1 Å². The third kappa shape index (κ3) is 34.9. The van der Waals surface area contributed by atoms with Gasteiger partial charge in [-0.2, -0.15) is 0 Å². The lowest BCUT2D eigenvalue weighted by Crippen LogP contribution is -2.60. The third-order valence-corrected chi connectivity index (χ3v) is 3.63. The van der Waals surface area contributed by atoms with Crippen molar-refractivity contribution >= 4 is 52.4 Å². The van der Waals surface area contributed by atoms with Crippen LogP contribution >= 0.6 is 22.6 Å². The molecule has 1 aliphatic rings. The van der Waals surface area contributed by atoms with Crippen molar-refractivity contribution in [2.45, 2.75) is 65.3 Å². The number of hydrogen-bond acceptors (Lipinski definition) is 11. The average Bonchev–Trinajstić information content (AvgIpc) is 2.74. The van der Waals surface area contributed by atoms with Gasteiger partial charge in [-0.25, -0.2) is 0 Å². The Kier molecular flexibility index (Phi) is 27.8. The molecule has 226 valence electrons. The van der Waals surface area contributed by atoms with E-state index in [-0.39, 0.29) is 0 Å². The fourth-order valence-electron chi connectivity index (χ4n) is 1.81. The first-order valence-corrected chi connectivity index (χ1v) is 11.5. The number of rotatable bonds is 3. The molecule has 0 radical (unpaired) electrons. The third-order valence-electron chi connectivity index (χ3n) is 2.91. The van der Waals surface area contributed by atoms with Gasteiger partial charge in [-0.3, -0.25) is 24.0 Å². The molecule has 17 heteroatoms. The Morgan fingerprint density at radius 3 is 1.28 bits per heavy atom. The van der Waals surface area contributed by atoms with Gasteiger partial charge in [0.05, 0.1) is 6.61 Å². The zero-order valence-corrected chi connectivity index (χ0v) is 23.8. The monoisotopic (exact) mass is 682 g/mol. The van der Waals surface area contributed by atoms with E-state index >= 15 is 0 Å². The van der Waals surface area contributed by atoms with Gasteiger partial charge in [-0.05, 0) is 46.9 Å². The quantitative estimate of drug-likeness (QED) is 0.189. The summed E-state index contributed by atoms with van der Waals surface area (Å²) >= 11 is 2.14. The number of aliphatic hydroxyl groups excluding tert-OH is 4. The highest BCUT2D eigenvalue weighted by Crippen LogP contribution is 2.24. The van der Waals surface area contributed by atoms with Gasteiger partial charge in [0.15, 0.2) is 0 Å². The summed E-state index contributed by atoms with van der Waals surface area (Å²) in [5.74, 6) is -3.70. The van der Waals surface area contributed by atoms with Crippen LogP contribution in [0, 0.1) is 3.57 Å². The van der Waals surface area contributed by atoms with Gasteiger partial charge >= 0.3 is 0 Å². The molecular weight excluding hydrogens is 647 g/mol. The maximum atomic E-state index is 9.79. The summed E-state index contributed by atoms with van der Waals surface area (Å²) in [5, 5.41) is 75.2. The highest BCUT2D eigenvalue weighted by atomic mass is 127. The fraction of sp³-hybridized carbons (Fsp3) is 0.500. The van der Waals surface area contributed by atoms with Gasteiger partial charge in [0, 0.05) is 38.2 Å². The highest BCUT2D eigenvalue weighted by Gasteiger charge is 2.44.